The first-order chi connectivity index (χ1) is 9.05. The quantitative estimate of drug-likeness (QED) is 0.775. The summed E-state index contributed by atoms with van der Waals surface area (Å²) in [5.41, 5.74) is 0.713. The second-order valence-corrected chi connectivity index (χ2v) is 4.65. The van der Waals surface area contributed by atoms with Crippen molar-refractivity contribution in [3.8, 4) is 11.8 Å². The number of likely N-dealkylation sites (N-methyl/N-ethyl adjacent to an activating group) is 1. The Labute approximate surface area is 113 Å². The number of hydrogen-bond acceptors (Lipinski definition) is 3. The average molecular weight is 262 g/mol. The van der Waals surface area contributed by atoms with Gasteiger partial charge >= 0.3 is 0 Å². The van der Waals surface area contributed by atoms with Crippen LogP contribution in [0.1, 0.15) is 6.92 Å². The third-order valence-electron chi connectivity index (χ3n) is 2.69. The molecule has 2 atom stereocenters. The molecule has 0 saturated heterocycles. The zero-order valence-electron chi connectivity index (χ0n) is 11.6. The molecule has 0 fully saturated rings. The van der Waals surface area contributed by atoms with Gasteiger partial charge in [-0.25, -0.2) is 0 Å². The van der Waals surface area contributed by atoms with E-state index in [1.165, 1.54) is 0 Å². The number of carbonyl (C=O) groups excluding carboxylic acids is 1. The van der Waals surface area contributed by atoms with E-state index in [2.05, 4.69) is 11.4 Å². The third kappa shape index (κ3) is 5.40. The number of anilines is 1. The highest BCUT2D eigenvalue weighted by molar-refractivity contribution is 5.91. The van der Waals surface area contributed by atoms with Crippen LogP contribution in [0.2, 0.25) is 0 Å². The number of carbonyl (C=O) groups is 1. The number of benzene rings is 1. The summed E-state index contributed by atoms with van der Waals surface area (Å²) in [6.07, 6.45) is 0. The molecule has 0 bridgehead atoms. The highest BCUT2D eigenvalue weighted by Crippen LogP contribution is 2.16. The van der Waals surface area contributed by atoms with Crippen molar-refractivity contribution in [3.05, 3.63) is 24.3 Å². The molecule has 19 heavy (non-hydrogen) atoms. The fourth-order valence-electron chi connectivity index (χ4n) is 1.82. The number of nitrogens with zero attached hydrogens (tertiary/aromatic N) is 1. The number of hydrogen-bond donors (Lipinski definition) is 2. The van der Waals surface area contributed by atoms with E-state index in [0.29, 0.717) is 24.5 Å². The molecule has 1 rings (SSSR count). The number of quaternary nitrogens is 1. The maximum atomic E-state index is 11.8. The summed E-state index contributed by atoms with van der Waals surface area (Å²) < 4.78 is 5.09. The van der Waals surface area contributed by atoms with Crippen LogP contribution in [0, 0.1) is 17.2 Å². The highest BCUT2D eigenvalue weighted by Gasteiger charge is 2.13. The van der Waals surface area contributed by atoms with Crippen molar-refractivity contribution < 1.29 is 14.4 Å². The number of methoxy groups -OCH3 is 1. The van der Waals surface area contributed by atoms with Gasteiger partial charge in [-0.3, -0.25) is 4.79 Å². The van der Waals surface area contributed by atoms with Crippen LogP contribution in [0.25, 0.3) is 0 Å². The Hall–Kier alpha value is -2.06. The summed E-state index contributed by atoms with van der Waals surface area (Å²) in [5.74, 6) is 0.581. The molecule has 0 aliphatic heterocycles. The van der Waals surface area contributed by atoms with Crippen LogP contribution in [0.4, 0.5) is 5.69 Å². The van der Waals surface area contributed by atoms with Crippen molar-refractivity contribution in [3.63, 3.8) is 0 Å². The van der Waals surface area contributed by atoms with E-state index in [1.807, 2.05) is 32.2 Å². The van der Waals surface area contributed by atoms with Gasteiger partial charge in [0.15, 0.2) is 6.54 Å². The monoisotopic (exact) mass is 262 g/mol. The van der Waals surface area contributed by atoms with Gasteiger partial charge in [-0.2, -0.15) is 5.26 Å². The molecular formula is C14H20N3O2+. The first-order valence-corrected chi connectivity index (χ1v) is 6.20. The van der Waals surface area contributed by atoms with E-state index in [9.17, 15) is 4.79 Å². The summed E-state index contributed by atoms with van der Waals surface area (Å²) in [5, 5.41) is 11.5. The van der Waals surface area contributed by atoms with Gasteiger partial charge in [0, 0.05) is 11.8 Å². The molecular weight excluding hydrogens is 242 g/mol. The van der Waals surface area contributed by atoms with Gasteiger partial charge < -0.3 is 15.0 Å². The molecule has 0 aromatic heterocycles. The topological polar surface area (TPSA) is 66.6 Å². The first kappa shape index (κ1) is 15.0. The second-order valence-electron chi connectivity index (χ2n) is 4.65. The molecule has 5 nitrogen and oxygen atoms in total. The SMILES string of the molecule is COc1cccc(NC(=O)C[NH+](C)C[C@H](C)C#N)c1. The van der Waals surface area contributed by atoms with Crippen LogP contribution in [0.3, 0.4) is 0 Å². The zero-order chi connectivity index (χ0) is 14.3. The van der Waals surface area contributed by atoms with Crippen molar-refractivity contribution in [1.82, 2.24) is 0 Å². The van der Waals surface area contributed by atoms with Crippen molar-refractivity contribution >= 4 is 11.6 Å². The predicted octanol–water partition coefficient (Wildman–Crippen LogP) is 0.308. The molecule has 1 unspecified atom stereocenters. The van der Waals surface area contributed by atoms with Gasteiger partial charge in [-0.05, 0) is 19.1 Å². The first-order valence-electron chi connectivity index (χ1n) is 6.20. The highest BCUT2D eigenvalue weighted by atomic mass is 16.5. The summed E-state index contributed by atoms with van der Waals surface area (Å²) in [6.45, 7) is 2.84. The second kappa shape index (κ2) is 7.39. The van der Waals surface area contributed by atoms with E-state index in [0.717, 1.165) is 4.90 Å². The average Bonchev–Trinajstić information content (AvgIpc) is 2.38. The maximum Gasteiger partial charge on any atom is 0.279 e. The van der Waals surface area contributed by atoms with Gasteiger partial charge in [0.25, 0.3) is 5.91 Å². The minimum atomic E-state index is -0.0732. The lowest BCUT2D eigenvalue weighted by Crippen LogP contribution is -3.10. The molecule has 0 aliphatic rings. The van der Waals surface area contributed by atoms with Crippen molar-refractivity contribution in [1.29, 1.82) is 5.26 Å². The van der Waals surface area contributed by atoms with E-state index in [4.69, 9.17) is 10.00 Å². The third-order valence-corrected chi connectivity index (χ3v) is 2.69. The normalized spacial score (nSPS) is 13.2. The van der Waals surface area contributed by atoms with Gasteiger partial charge in [0.1, 0.15) is 5.75 Å². The molecule has 0 saturated carbocycles. The smallest absolute Gasteiger partial charge is 0.279 e. The Balaban J connectivity index is 2.48. The number of nitriles is 1. The molecule has 2 N–H and O–H groups in total. The Bertz CT molecular complexity index is 468. The van der Waals surface area contributed by atoms with Gasteiger partial charge in [-0.15, -0.1) is 0 Å². The predicted molar refractivity (Wildman–Crippen MR) is 73.0 cm³/mol. The number of rotatable bonds is 6. The summed E-state index contributed by atoms with van der Waals surface area (Å²) in [6, 6.07) is 9.39. The molecule has 1 amide bonds. The van der Waals surface area contributed by atoms with Gasteiger partial charge in [0.05, 0.1) is 32.7 Å². The molecule has 1 aromatic rings. The van der Waals surface area contributed by atoms with Crippen LogP contribution in [-0.4, -0.2) is 33.2 Å². The number of ether oxygens (including phenoxy) is 1. The number of amides is 1. The molecule has 102 valence electrons. The maximum absolute atomic E-state index is 11.8. The summed E-state index contributed by atoms with van der Waals surface area (Å²) in [4.78, 5) is 12.8. The Kier molecular flexibility index (Phi) is 5.83. The zero-order valence-corrected chi connectivity index (χ0v) is 11.6. The molecule has 0 aliphatic carbocycles. The Morgan fingerprint density at radius 2 is 2.32 bits per heavy atom. The lowest BCUT2D eigenvalue weighted by molar-refractivity contribution is -0.873. The summed E-state index contributed by atoms with van der Waals surface area (Å²) in [7, 11) is 3.49. The molecule has 0 spiro atoms. The van der Waals surface area contributed by atoms with Crippen LogP contribution in [0.15, 0.2) is 24.3 Å². The molecule has 5 heteroatoms. The molecule has 0 heterocycles. The van der Waals surface area contributed by atoms with E-state index >= 15 is 0 Å². The molecule has 1 aromatic carbocycles. The van der Waals surface area contributed by atoms with Crippen LogP contribution < -0.4 is 15.0 Å². The van der Waals surface area contributed by atoms with Crippen molar-refractivity contribution in [2.24, 2.45) is 5.92 Å². The van der Waals surface area contributed by atoms with E-state index in [-0.39, 0.29) is 11.8 Å². The fraction of sp³-hybridized carbons (Fsp3) is 0.429. The van der Waals surface area contributed by atoms with Crippen LogP contribution >= 0.6 is 0 Å². The van der Waals surface area contributed by atoms with Gasteiger partial charge in [0.2, 0.25) is 0 Å². The van der Waals surface area contributed by atoms with E-state index in [1.54, 1.807) is 13.2 Å². The van der Waals surface area contributed by atoms with Crippen molar-refractivity contribution in [2.75, 3.05) is 32.6 Å². The van der Waals surface area contributed by atoms with Crippen molar-refractivity contribution in [2.45, 2.75) is 6.92 Å². The Morgan fingerprint density at radius 1 is 1.58 bits per heavy atom. The fourth-order valence-corrected chi connectivity index (χ4v) is 1.82. The largest absolute Gasteiger partial charge is 0.497 e. The lowest BCUT2D eigenvalue weighted by Gasteiger charge is -2.14. The molecule has 0 radical (unpaired) electrons. The minimum Gasteiger partial charge on any atom is -0.497 e. The van der Waals surface area contributed by atoms with Gasteiger partial charge in [-0.1, -0.05) is 6.07 Å². The summed E-state index contributed by atoms with van der Waals surface area (Å²) >= 11 is 0. The Morgan fingerprint density at radius 3 is 2.95 bits per heavy atom. The lowest BCUT2D eigenvalue weighted by atomic mass is 10.2. The standard InChI is InChI=1S/C14H19N3O2/c1-11(8-15)9-17(2)10-14(18)16-12-5-4-6-13(7-12)19-3/h4-7,11H,9-10H2,1-3H3,(H,16,18)/p+1/t11-/m1/s1. The van der Waals surface area contributed by atoms with Crippen LogP contribution in [-0.2, 0) is 4.79 Å². The van der Waals surface area contributed by atoms with Crippen LogP contribution in [0.5, 0.6) is 5.75 Å². The number of nitrogens with one attached hydrogen (secondary N) is 2. The minimum absolute atomic E-state index is 0.0513. The van der Waals surface area contributed by atoms with E-state index < -0.39 is 0 Å².